The molecule has 1 heterocycles. The Morgan fingerprint density at radius 1 is 1.38 bits per heavy atom. The molecule has 0 aromatic rings. The summed E-state index contributed by atoms with van der Waals surface area (Å²) in [5.41, 5.74) is 0.330. The van der Waals surface area contributed by atoms with Crippen LogP contribution in [-0.4, -0.2) is 46.2 Å². The van der Waals surface area contributed by atoms with Gasteiger partial charge in [-0.2, -0.15) is 0 Å². The lowest BCUT2D eigenvalue weighted by Gasteiger charge is -2.22. The average Bonchev–Trinajstić information content (AvgIpc) is 2.34. The highest BCUT2D eigenvalue weighted by atomic mass is 16.3. The van der Waals surface area contributed by atoms with E-state index < -0.39 is 31.1 Å². The van der Waals surface area contributed by atoms with E-state index in [9.17, 15) is 9.59 Å². The van der Waals surface area contributed by atoms with Crippen LogP contribution in [0, 0.1) is 0 Å². The first-order chi connectivity index (χ1) is 6.11. The summed E-state index contributed by atoms with van der Waals surface area (Å²) in [6.07, 6.45) is 1.20. The van der Waals surface area contributed by atoms with Gasteiger partial charge in [-0.25, -0.2) is 0 Å². The van der Waals surface area contributed by atoms with Gasteiger partial charge in [-0.3, -0.25) is 14.5 Å². The third-order valence-corrected chi connectivity index (χ3v) is 1.92. The molecule has 1 aliphatic rings. The highest BCUT2D eigenvalue weighted by Gasteiger charge is 2.33. The van der Waals surface area contributed by atoms with Crippen molar-refractivity contribution in [2.75, 3.05) is 13.2 Å². The predicted octanol–water partition coefficient (Wildman–Crippen LogP) is -1.35. The lowest BCUT2D eigenvalue weighted by molar-refractivity contribution is -0.142. The minimum atomic E-state index is -0.825. The molecular weight excluding hydrogens is 174 g/mol. The molecule has 5 nitrogen and oxygen atoms in total. The maximum atomic E-state index is 11.3. The van der Waals surface area contributed by atoms with Crippen molar-refractivity contribution in [2.24, 2.45) is 0 Å². The SMILES string of the molecule is CC1=CC(=O)N(C(CO)CO)C1=O. The van der Waals surface area contributed by atoms with Crippen LogP contribution in [0.1, 0.15) is 6.92 Å². The molecule has 0 aromatic carbocycles. The summed E-state index contributed by atoms with van der Waals surface area (Å²) >= 11 is 0. The number of aliphatic hydroxyl groups is 2. The quantitative estimate of drug-likeness (QED) is 0.533. The zero-order valence-corrected chi connectivity index (χ0v) is 7.23. The Bertz CT molecular complexity index is 267. The first kappa shape index (κ1) is 9.88. The van der Waals surface area contributed by atoms with Gasteiger partial charge in [-0.15, -0.1) is 0 Å². The lowest BCUT2D eigenvalue weighted by Crippen LogP contribution is -2.44. The van der Waals surface area contributed by atoms with Gasteiger partial charge in [0.15, 0.2) is 0 Å². The summed E-state index contributed by atoms with van der Waals surface area (Å²) in [5, 5.41) is 17.6. The van der Waals surface area contributed by atoms with Crippen LogP contribution < -0.4 is 0 Å². The number of hydrogen-bond donors (Lipinski definition) is 2. The number of aliphatic hydroxyl groups excluding tert-OH is 2. The lowest BCUT2D eigenvalue weighted by atomic mass is 10.2. The third kappa shape index (κ3) is 1.61. The van der Waals surface area contributed by atoms with Crippen LogP contribution in [0.2, 0.25) is 0 Å². The molecule has 0 spiro atoms. The number of carbonyl (C=O) groups excluding carboxylic acids is 2. The number of carbonyl (C=O) groups is 2. The van der Waals surface area contributed by atoms with Crippen molar-refractivity contribution in [1.29, 1.82) is 0 Å². The van der Waals surface area contributed by atoms with Crippen molar-refractivity contribution >= 4 is 11.8 Å². The third-order valence-electron chi connectivity index (χ3n) is 1.92. The van der Waals surface area contributed by atoms with Crippen molar-refractivity contribution in [2.45, 2.75) is 13.0 Å². The number of imide groups is 1. The molecule has 0 bridgehead atoms. The van der Waals surface area contributed by atoms with E-state index in [1.807, 2.05) is 0 Å². The van der Waals surface area contributed by atoms with Crippen LogP contribution >= 0.6 is 0 Å². The molecule has 0 aromatic heterocycles. The maximum absolute atomic E-state index is 11.3. The number of nitrogens with zero attached hydrogens (tertiary/aromatic N) is 1. The van der Waals surface area contributed by atoms with Gasteiger partial charge in [0.05, 0.1) is 19.3 Å². The molecule has 0 saturated carbocycles. The summed E-state index contributed by atoms with van der Waals surface area (Å²) in [6.45, 7) is 0.677. The maximum Gasteiger partial charge on any atom is 0.256 e. The molecule has 1 rings (SSSR count). The fourth-order valence-corrected chi connectivity index (χ4v) is 1.17. The second-order valence-corrected chi connectivity index (χ2v) is 2.86. The van der Waals surface area contributed by atoms with E-state index in [-0.39, 0.29) is 0 Å². The van der Waals surface area contributed by atoms with Gasteiger partial charge in [-0.1, -0.05) is 0 Å². The minimum Gasteiger partial charge on any atom is -0.394 e. The number of amides is 2. The summed E-state index contributed by atoms with van der Waals surface area (Å²) in [6, 6.07) is -0.825. The molecule has 0 fully saturated rings. The molecule has 0 radical (unpaired) electrons. The van der Waals surface area contributed by atoms with Gasteiger partial charge < -0.3 is 10.2 Å². The molecule has 2 amide bonds. The first-order valence-corrected chi connectivity index (χ1v) is 3.89. The molecule has 72 valence electrons. The highest BCUT2D eigenvalue weighted by Crippen LogP contribution is 2.14. The summed E-state index contributed by atoms with van der Waals surface area (Å²) in [4.78, 5) is 23.3. The van der Waals surface area contributed by atoms with Gasteiger partial charge in [0.25, 0.3) is 11.8 Å². The molecule has 13 heavy (non-hydrogen) atoms. The molecule has 0 atom stereocenters. The van der Waals surface area contributed by atoms with Crippen molar-refractivity contribution in [3.8, 4) is 0 Å². The van der Waals surface area contributed by atoms with E-state index in [4.69, 9.17) is 10.2 Å². The minimum absolute atomic E-state index is 0.330. The van der Waals surface area contributed by atoms with Crippen LogP contribution in [0.15, 0.2) is 11.6 Å². The Morgan fingerprint density at radius 3 is 2.23 bits per heavy atom. The molecule has 5 heteroatoms. The van der Waals surface area contributed by atoms with E-state index in [1.165, 1.54) is 13.0 Å². The number of hydrogen-bond acceptors (Lipinski definition) is 4. The molecule has 2 N–H and O–H groups in total. The molecule has 1 aliphatic heterocycles. The second-order valence-electron chi connectivity index (χ2n) is 2.86. The van der Waals surface area contributed by atoms with Crippen LogP contribution in [0.5, 0.6) is 0 Å². The van der Waals surface area contributed by atoms with Crippen LogP contribution in [0.25, 0.3) is 0 Å². The fourth-order valence-electron chi connectivity index (χ4n) is 1.17. The van der Waals surface area contributed by atoms with Gasteiger partial charge in [0.2, 0.25) is 0 Å². The van der Waals surface area contributed by atoms with Crippen molar-refractivity contribution in [1.82, 2.24) is 4.90 Å². The molecule has 0 saturated heterocycles. The molecule has 0 unspecified atom stereocenters. The first-order valence-electron chi connectivity index (χ1n) is 3.89. The van der Waals surface area contributed by atoms with Crippen LogP contribution in [0.3, 0.4) is 0 Å². The van der Waals surface area contributed by atoms with Crippen molar-refractivity contribution < 1.29 is 19.8 Å². The van der Waals surface area contributed by atoms with Crippen molar-refractivity contribution in [3.05, 3.63) is 11.6 Å². The van der Waals surface area contributed by atoms with Gasteiger partial charge in [-0.05, 0) is 6.92 Å². The van der Waals surface area contributed by atoms with E-state index in [0.717, 1.165) is 4.90 Å². The smallest absolute Gasteiger partial charge is 0.256 e. The van der Waals surface area contributed by atoms with E-state index >= 15 is 0 Å². The fraction of sp³-hybridized carbons (Fsp3) is 0.500. The second kappa shape index (κ2) is 3.68. The Kier molecular flexibility index (Phi) is 2.79. The zero-order chi connectivity index (χ0) is 10.0. The Balaban J connectivity index is 2.83. The summed E-state index contributed by atoms with van der Waals surface area (Å²) in [7, 11) is 0. The van der Waals surface area contributed by atoms with Crippen molar-refractivity contribution in [3.63, 3.8) is 0 Å². The normalized spacial score (nSPS) is 17.2. The standard InChI is InChI=1S/C8H11NO4/c1-5-2-7(12)9(8(5)13)6(3-10)4-11/h2,6,10-11H,3-4H2,1H3. The Hall–Kier alpha value is -1.20. The largest absolute Gasteiger partial charge is 0.394 e. The van der Waals surface area contributed by atoms with Crippen LogP contribution in [0.4, 0.5) is 0 Å². The van der Waals surface area contributed by atoms with E-state index in [1.54, 1.807) is 0 Å². The van der Waals surface area contributed by atoms with Gasteiger partial charge in [0, 0.05) is 11.6 Å². The van der Waals surface area contributed by atoms with Gasteiger partial charge in [0.1, 0.15) is 0 Å². The van der Waals surface area contributed by atoms with E-state index in [0.29, 0.717) is 5.57 Å². The topological polar surface area (TPSA) is 77.8 Å². The van der Waals surface area contributed by atoms with E-state index in [2.05, 4.69) is 0 Å². The Labute approximate surface area is 75.3 Å². The average molecular weight is 185 g/mol. The zero-order valence-electron chi connectivity index (χ0n) is 7.23. The van der Waals surface area contributed by atoms with Crippen LogP contribution in [-0.2, 0) is 9.59 Å². The summed E-state index contributed by atoms with van der Waals surface area (Å²) < 4.78 is 0. The summed E-state index contributed by atoms with van der Waals surface area (Å²) in [5.74, 6) is -0.922. The Morgan fingerprint density at radius 2 is 1.92 bits per heavy atom. The monoisotopic (exact) mass is 185 g/mol. The predicted molar refractivity (Wildman–Crippen MR) is 43.6 cm³/mol. The molecular formula is C8H11NO4. The number of rotatable bonds is 3. The highest BCUT2D eigenvalue weighted by molar-refractivity contribution is 6.16. The molecule has 0 aliphatic carbocycles. The van der Waals surface area contributed by atoms with Gasteiger partial charge >= 0.3 is 0 Å².